The van der Waals surface area contributed by atoms with E-state index in [-0.39, 0.29) is 6.61 Å². The minimum absolute atomic E-state index is 0.256. The molecular formula is C24H27N3O9. The molecule has 1 aliphatic rings. The third-order valence-corrected chi connectivity index (χ3v) is 5.25. The number of carbonyl (C=O) groups is 4. The molecule has 0 saturated heterocycles. The molecule has 192 valence electrons. The highest BCUT2D eigenvalue weighted by Crippen LogP contribution is 2.35. The van der Waals surface area contributed by atoms with Crippen LogP contribution in [0.2, 0.25) is 0 Å². The van der Waals surface area contributed by atoms with Crippen molar-refractivity contribution in [2.75, 3.05) is 13.7 Å². The number of methoxy groups -OCH3 is 1. The lowest BCUT2D eigenvalue weighted by molar-refractivity contribution is -0.185. The minimum Gasteiger partial charge on any atom is -0.497 e. The van der Waals surface area contributed by atoms with E-state index < -0.39 is 48.2 Å². The number of esters is 4. The molecule has 0 N–H and O–H groups in total. The van der Waals surface area contributed by atoms with E-state index in [2.05, 4.69) is 10.3 Å². The van der Waals surface area contributed by atoms with Crippen molar-refractivity contribution in [1.82, 2.24) is 15.0 Å². The van der Waals surface area contributed by atoms with Crippen LogP contribution in [0.25, 0.3) is 11.3 Å². The molecule has 0 radical (unpaired) electrons. The fraction of sp³-hybridized carbons (Fsp3) is 0.417. The summed E-state index contributed by atoms with van der Waals surface area (Å²) in [6, 6.07) is 6.31. The van der Waals surface area contributed by atoms with Gasteiger partial charge in [-0.1, -0.05) is 5.21 Å². The van der Waals surface area contributed by atoms with Crippen molar-refractivity contribution in [2.24, 2.45) is 0 Å². The van der Waals surface area contributed by atoms with Gasteiger partial charge in [-0.3, -0.25) is 19.2 Å². The van der Waals surface area contributed by atoms with Crippen molar-refractivity contribution >= 4 is 23.9 Å². The number of carbonyl (C=O) groups excluding carboxylic acids is 4. The standard InChI is InChI=1S/C24H27N3O9/c1-13(28)33-12-18-10-21(27-11-20(25-26-27)17-6-8-19(32-5)9-7-17)23(35-15(3)30)24(36-16(4)31)22(18)34-14(2)29/h6-11,21-24H,12H2,1-5H3/t21-,22+,23-,24-/m0/s1. The summed E-state index contributed by atoms with van der Waals surface area (Å²) in [6.45, 7) is 4.52. The van der Waals surface area contributed by atoms with Gasteiger partial charge in [0.2, 0.25) is 0 Å². The van der Waals surface area contributed by atoms with Crippen molar-refractivity contribution < 1.29 is 42.9 Å². The van der Waals surface area contributed by atoms with Crippen LogP contribution < -0.4 is 4.74 Å². The molecule has 1 aromatic heterocycles. The van der Waals surface area contributed by atoms with Crippen LogP contribution in [0.3, 0.4) is 0 Å². The van der Waals surface area contributed by atoms with Gasteiger partial charge < -0.3 is 23.7 Å². The van der Waals surface area contributed by atoms with E-state index in [0.717, 1.165) is 5.56 Å². The van der Waals surface area contributed by atoms with Gasteiger partial charge in [-0.25, -0.2) is 4.68 Å². The summed E-state index contributed by atoms with van der Waals surface area (Å²) >= 11 is 0. The zero-order valence-electron chi connectivity index (χ0n) is 20.5. The second-order valence-electron chi connectivity index (χ2n) is 8.00. The summed E-state index contributed by atoms with van der Waals surface area (Å²) in [5, 5.41) is 8.40. The molecule has 12 heteroatoms. The minimum atomic E-state index is -1.25. The summed E-state index contributed by atoms with van der Waals surface area (Å²) in [4.78, 5) is 47.4. The first-order chi connectivity index (χ1) is 17.1. The number of benzene rings is 1. The Hall–Kier alpha value is -4.22. The van der Waals surface area contributed by atoms with E-state index in [1.54, 1.807) is 43.6 Å². The lowest BCUT2D eigenvalue weighted by Gasteiger charge is -2.39. The summed E-state index contributed by atoms with van der Waals surface area (Å²) in [5.74, 6) is -1.92. The van der Waals surface area contributed by atoms with E-state index in [1.165, 1.54) is 32.4 Å². The average Bonchev–Trinajstić information content (AvgIpc) is 3.29. The Bertz CT molecular complexity index is 1160. The highest BCUT2D eigenvalue weighted by Gasteiger charge is 2.48. The first-order valence-electron chi connectivity index (χ1n) is 11.0. The van der Waals surface area contributed by atoms with Crippen molar-refractivity contribution in [3.63, 3.8) is 0 Å². The van der Waals surface area contributed by atoms with Crippen LogP contribution in [-0.4, -0.2) is 70.9 Å². The maximum Gasteiger partial charge on any atom is 0.303 e. The molecule has 3 rings (SSSR count). The average molecular weight is 501 g/mol. The Morgan fingerprint density at radius 1 is 0.861 bits per heavy atom. The highest BCUT2D eigenvalue weighted by atomic mass is 16.6. The summed E-state index contributed by atoms with van der Waals surface area (Å²) in [7, 11) is 1.56. The Kier molecular flexibility index (Phi) is 8.41. The fourth-order valence-electron chi connectivity index (χ4n) is 3.82. The zero-order chi connectivity index (χ0) is 26.4. The number of hydrogen-bond donors (Lipinski definition) is 0. The fourth-order valence-corrected chi connectivity index (χ4v) is 3.82. The Labute approximate surface area is 207 Å². The van der Waals surface area contributed by atoms with Crippen molar-refractivity contribution in [3.8, 4) is 17.0 Å². The summed E-state index contributed by atoms with van der Waals surface area (Å²) in [6.07, 6.45) is -0.334. The van der Waals surface area contributed by atoms with Gasteiger partial charge >= 0.3 is 23.9 Å². The summed E-state index contributed by atoms with van der Waals surface area (Å²) in [5.41, 5.74) is 1.59. The molecule has 0 amide bonds. The third-order valence-electron chi connectivity index (χ3n) is 5.25. The largest absolute Gasteiger partial charge is 0.497 e. The van der Waals surface area contributed by atoms with E-state index >= 15 is 0 Å². The van der Waals surface area contributed by atoms with Gasteiger partial charge in [0.1, 0.15) is 24.1 Å². The van der Waals surface area contributed by atoms with Gasteiger partial charge in [0.25, 0.3) is 0 Å². The number of nitrogens with zero attached hydrogens (tertiary/aromatic N) is 3. The van der Waals surface area contributed by atoms with Crippen LogP contribution in [0.15, 0.2) is 42.1 Å². The van der Waals surface area contributed by atoms with Crippen molar-refractivity contribution in [1.29, 1.82) is 0 Å². The van der Waals surface area contributed by atoms with Gasteiger partial charge in [0, 0.05) is 38.8 Å². The molecule has 0 fully saturated rings. The second-order valence-corrected chi connectivity index (χ2v) is 8.00. The molecule has 36 heavy (non-hydrogen) atoms. The van der Waals surface area contributed by atoms with Gasteiger partial charge in [0.05, 0.1) is 13.3 Å². The van der Waals surface area contributed by atoms with E-state index in [0.29, 0.717) is 17.0 Å². The molecule has 0 unspecified atom stereocenters. The van der Waals surface area contributed by atoms with Gasteiger partial charge in [-0.05, 0) is 30.3 Å². The molecule has 1 aromatic carbocycles. The van der Waals surface area contributed by atoms with Crippen molar-refractivity contribution in [2.45, 2.75) is 52.0 Å². The zero-order valence-corrected chi connectivity index (χ0v) is 20.5. The SMILES string of the molecule is COc1ccc(-c2cn([C@H]3C=C(COC(C)=O)[C@@H](OC(C)=O)[C@H](OC(C)=O)[C@H]3OC(C)=O)nn2)cc1. The molecule has 0 saturated carbocycles. The van der Waals surface area contributed by atoms with E-state index in [1.807, 2.05) is 0 Å². The van der Waals surface area contributed by atoms with Gasteiger partial charge in [0.15, 0.2) is 18.3 Å². The van der Waals surface area contributed by atoms with Crippen LogP contribution in [0.4, 0.5) is 0 Å². The molecule has 4 atom stereocenters. The Morgan fingerprint density at radius 2 is 1.47 bits per heavy atom. The van der Waals surface area contributed by atoms with Gasteiger partial charge in [-0.2, -0.15) is 0 Å². The van der Waals surface area contributed by atoms with Crippen LogP contribution in [-0.2, 0) is 38.1 Å². The predicted octanol–water partition coefficient (Wildman–Crippen LogP) is 1.79. The first kappa shape index (κ1) is 26.4. The number of rotatable bonds is 8. The lowest BCUT2D eigenvalue weighted by atomic mass is 9.87. The molecular weight excluding hydrogens is 474 g/mol. The first-order valence-corrected chi connectivity index (χ1v) is 11.0. The van der Waals surface area contributed by atoms with Gasteiger partial charge in [-0.15, -0.1) is 5.10 Å². The smallest absolute Gasteiger partial charge is 0.303 e. The number of ether oxygens (including phenoxy) is 5. The summed E-state index contributed by atoms with van der Waals surface area (Å²) < 4.78 is 28.2. The maximum atomic E-state index is 12.0. The normalized spacial score (nSPS) is 21.1. The number of hydrogen-bond acceptors (Lipinski definition) is 11. The lowest BCUT2D eigenvalue weighted by Crippen LogP contribution is -2.53. The quantitative estimate of drug-likeness (QED) is 0.296. The molecule has 0 aliphatic heterocycles. The van der Waals surface area contributed by atoms with E-state index in [9.17, 15) is 19.2 Å². The molecule has 0 spiro atoms. The predicted molar refractivity (Wildman–Crippen MR) is 122 cm³/mol. The molecule has 1 heterocycles. The maximum absolute atomic E-state index is 12.0. The second kappa shape index (κ2) is 11.5. The highest BCUT2D eigenvalue weighted by molar-refractivity contribution is 5.69. The monoisotopic (exact) mass is 501 g/mol. The third kappa shape index (κ3) is 6.46. The Balaban J connectivity index is 2.09. The van der Waals surface area contributed by atoms with Crippen molar-refractivity contribution in [3.05, 3.63) is 42.1 Å². The van der Waals surface area contributed by atoms with Crippen LogP contribution >= 0.6 is 0 Å². The molecule has 0 bridgehead atoms. The van der Waals surface area contributed by atoms with Crippen LogP contribution in [0, 0.1) is 0 Å². The molecule has 2 aromatic rings. The number of aromatic nitrogens is 3. The molecule has 1 aliphatic carbocycles. The van der Waals surface area contributed by atoms with Crippen LogP contribution in [0.5, 0.6) is 5.75 Å². The van der Waals surface area contributed by atoms with Crippen LogP contribution in [0.1, 0.15) is 33.7 Å². The topological polar surface area (TPSA) is 145 Å². The Morgan fingerprint density at radius 3 is 2.03 bits per heavy atom. The molecule has 12 nitrogen and oxygen atoms in total. The van der Waals surface area contributed by atoms with E-state index in [4.69, 9.17) is 23.7 Å².